The average molecular weight is 460 g/mol. The lowest BCUT2D eigenvalue weighted by atomic mass is 10.0. The molecule has 0 aliphatic carbocycles. The van der Waals surface area contributed by atoms with Crippen molar-refractivity contribution in [1.29, 1.82) is 0 Å². The minimum Gasteiger partial charge on any atom is -0.459 e. The Hall–Kier alpha value is -1.84. The molecule has 1 aromatic rings. The van der Waals surface area contributed by atoms with Gasteiger partial charge in [-0.05, 0) is 44.5 Å². The second-order valence-corrected chi connectivity index (χ2v) is 9.59. The van der Waals surface area contributed by atoms with E-state index in [1.807, 2.05) is 13.8 Å². The molecule has 0 aliphatic rings. The second-order valence-electron chi connectivity index (χ2n) is 9.59. The summed E-state index contributed by atoms with van der Waals surface area (Å²) < 4.78 is 5.16. The van der Waals surface area contributed by atoms with Crippen LogP contribution in [0.2, 0.25) is 0 Å². The van der Waals surface area contributed by atoms with Crippen LogP contribution < -0.4 is 5.32 Å². The lowest BCUT2D eigenvalue weighted by Crippen LogP contribution is -2.24. The Morgan fingerprint density at radius 2 is 1.06 bits per heavy atom. The smallest absolute Gasteiger partial charge is 0.338 e. The van der Waals surface area contributed by atoms with E-state index in [-0.39, 0.29) is 18.0 Å². The molecule has 0 radical (unpaired) electrons. The minimum atomic E-state index is -0.356. The number of carbonyl (C=O) groups is 2. The van der Waals surface area contributed by atoms with Gasteiger partial charge in [0.05, 0.1) is 11.7 Å². The lowest BCUT2D eigenvalue weighted by Gasteiger charge is -2.09. The van der Waals surface area contributed by atoms with Crippen molar-refractivity contribution in [3.8, 4) is 0 Å². The molecule has 0 aromatic heterocycles. The van der Waals surface area contributed by atoms with Gasteiger partial charge >= 0.3 is 5.97 Å². The third-order valence-corrected chi connectivity index (χ3v) is 6.04. The third kappa shape index (κ3) is 15.6. The van der Waals surface area contributed by atoms with Crippen LogP contribution in [0.25, 0.3) is 0 Å². The van der Waals surface area contributed by atoms with E-state index in [1.54, 1.807) is 24.3 Å². The van der Waals surface area contributed by atoms with E-state index in [2.05, 4.69) is 12.2 Å². The highest BCUT2D eigenvalue weighted by atomic mass is 16.5. The number of unbranched alkanes of at least 4 members (excludes halogenated alkanes) is 15. The van der Waals surface area contributed by atoms with Crippen LogP contribution in [0.5, 0.6) is 0 Å². The van der Waals surface area contributed by atoms with E-state index >= 15 is 0 Å². The highest BCUT2D eigenvalue weighted by Crippen LogP contribution is 2.14. The Morgan fingerprint density at radius 3 is 1.48 bits per heavy atom. The molecule has 0 bridgehead atoms. The van der Waals surface area contributed by atoms with Crippen LogP contribution >= 0.6 is 0 Å². The first kappa shape index (κ1) is 29.2. The number of benzene rings is 1. The monoisotopic (exact) mass is 459 g/mol. The van der Waals surface area contributed by atoms with Gasteiger partial charge in [-0.1, -0.05) is 103 Å². The van der Waals surface area contributed by atoms with E-state index in [1.165, 1.54) is 89.9 Å². The molecular formula is C29H49NO3. The molecule has 0 unspecified atom stereocenters. The number of ether oxygens (including phenoxy) is 1. The molecule has 1 amide bonds. The summed E-state index contributed by atoms with van der Waals surface area (Å²) in [5.74, 6) is -0.440. The zero-order valence-electron chi connectivity index (χ0n) is 21.6. The van der Waals surface area contributed by atoms with Crippen molar-refractivity contribution in [2.45, 2.75) is 130 Å². The lowest BCUT2D eigenvalue weighted by molar-refractivity contribution is 0.0377. The van der Waals surface area contributed by atoms with Gasteiger partial charge in [0, 0.05) is 12.1 Å². The summed E-state index contributed by atoms with van der Waals surface area (Å²) in [6.07, 6.45) is 21.4. The maximum Gasteiger partial charge on any atom is 0.338 e. The van der Waals surface area contributed by atoms with Crippen molar-refractivity contribution in [3.05, 3.63) is 35.4 Å². The van der Waals surface area contributed by atoms with Gasteiger partial charge in [0.25, 0.3) is 5.91 Å². The standard InChI is InChI=1S/C29H49NO3/c1-4-5-6-7-8-9-10-11-12-13-14-15-16-17-18-19-24-30-28(31)26-20-22-27(23-21-26)29(32)33-25(2)3/h20-23,25H,4-19,24H2,1-3H3,(H,30,31). The molecule has 1 rings (SSSR count). The van der Waals surface area contributed by atoms with Gasteiger partial charge in [0.1, 0.15) is 0 Å². The number of hydrogen-bond acceptors (Lipinski definition) is 3. The fourth-order valence-electron chi connectivity index (χ4n) is 4.02. The molecular weight excluding hydrogens is 410 g/mol. The highest BCUT2D eigenvalue weighted by Gasteiger charge is 2.11. The number of nitrogens with one attached hydrogen (secondary N) is 1. The summed E-state index contributed by atoms with van der Waals surface area (Å²) in [5.41, 5.74) is 1.05. The van der Waals surface area contributed by atoms with Gasteiger partial charge in [-0.15, -0.1) is 0 Å². The molecule has 188 valence electrons. The van der Waals surface area contributed by atoms with Gasteiger partial charge in [0.2, 0.25) is 0 Å². The molecule has 0 saturated heterocycles. The Balaban J connectivity index is 1.93. The molecule has 0 aliphatic heterocycles. The minimum absolute atomic E-state index is 0.0836. The molecule has 0 fully saturated rings. The van der Waals surface area contributed by atoms with Gasteiger partial charge < -0.3 is 10.1 Å². The molecule has 0 heterocycles. The van der Waals surface area contributed by atoms with Crippen molar-refractivity contribution in [3.63, 3.8) is 0 Å². The zero-order chi connectivity index (χ0) is 24.2. The second kappa shape index (κ2) is 19.6. The summed E-state index contributed by atoms with van der Waals surface area (Å²) in [5, 5.41) is 2.97. The Kier molecular flexibility index (Phi) is 17.4. The predicted octanol–water partition coefficient (Wildman–Crippen LogP) is 8.24. The molecule has 0 atom stereocenters. The number of esters is 1. The fourth-order valence-corrected chi connectivity index (χ4v) is 4.02. The molecule has 1 aromatic carbocycles. The summed E-state index contributed by atoms with van der Waals surface area (Å²) in [4.78, 5) is 24.1. The van der Waals surface area contributed by atoms with Crippen LogP contribution in [0.1, 0.15) is 144 Å². The Labute approximate surface area is 203 Å². The molecule has 0 saturated carbocycles. The number of rotatable bonds is 20. The topological polar surface area (TPSA) is 55.4 Å². The first-order valence-electron chi connectivity index (χ1n) is 13.6. The van der Waals surface area contributed by atoms with Crippen LogP contribution in [0, 0.1) is 0 Å². The Morgan fingerprint density at radius 1 is 0.667 bits per heavy atom. The van der Waals surface area contributed by atoms with Gasteiger partial charge in [0.15, 0.2) is 0 Å². The van der Waals surface area contributed by atoms with Crippen molar-refractivity contribution < 1.29 is 14.3 Å². The number of amides is 1. The third-order valence-electron chi connectivity index (χ3n) is 6.04. The maximum atomic E-state index is 12.2. The van der Waals surface area contributed by atoms with E-state index in [0.717, 1.165) is 12.8 Å². The number of carbonyl (C=O) groups excluding carboxylic acids is 2. The van der Waals surface area contributed by atoms with E-state index < -0.39 is 0 Å². The molecule has 1 N–H and O–H groups in total. The van der Waals surface area contributed by atoms with Crippen LogP contribution in [0.3, 0.4) is 0 Å². The van der Waals surface area contributed by atoms with E-state index in [9.17, 15) is 9.59 Å². The maximum absolute atomic E-state index is 12.2. The number of hydrogen-bond donors (Lipinski definition) is 1. The SMILES string of the molecule is CCCCCCCCCCCCCCCCCCNC(=O)c1ccc(C(=O)OC(C)C)cc1. The fraction of sp³-hybridized carbons (Fsp3) is 0.724. The van der Waals surface area contributed by atoms with Gasteiger partial charge in [-0.25, -0.2) is 4.79 Å². The van der Waals surface area contributed by atoms with Crippen LogP contribution in [0.15, 0.2) is 24.3 Å². The summed E-state index contributed by atoms with van der Waals surface area (Å²) in [6.45, 7) is 6.62. The van der Waals surface area contributed by atoms with Crippen LogP contribution in [-0.2, 0) is 4.74 Å². The summed E-state index contributed by atoms with van der Waals surface area (Å²) >= 11 is 0. The van der Waals surface area contributed by atoms with Gasteiger partial charge in [-0.2, -0.15) is 0 Å². The van der Waals surface area contributed by atoms with Crippen molar-refractivity contribution in [1.82, 2.24) is 5.32 Å². The molecule has 0 spiro atoms. The van der Waals surface area contributed by atoms with Gasteiger partial charge in [-0.3, -0.25) is 4.79 Å². The zero-order valence-corrected chi connectivity index (χ0v) is 21.6. The predicted molar refractivity (Wildman–Crippen MR) is 139 cm³/mol. The quantitative estimate of drug-likeness (QED) is 0.158. The van der Waals surface area contributed by atoms with Crippen LogP contribution in [0.4, 0.5) is 0 Å². The summed E-state index contributed by atoms with van der Waals surface area (Å²) in [6, 6.07) is 6.66. The highest BCUT2D eigenvalue weighted by molar-refractivity contribution is 5.96. The molecule has 4 nitrogen and oxygen atoms in total. The van der Waals surface area contributed by atoms with Crippen molar-refractivity contribution in [2.75, 3.05) is 6.54 Å². The van der Waals surface area contributed by atoms with E-state index in [4.69, 9.17) is 4.74 Å². The average Bonchev–Trinajstić information content (AvgIpc) is 2.80. The normalized spacial score (nSPS) is 11.0. The van der Waals surface area contributed by atoms with Crippen molar-refractivity contribution >= 4 is 11.9 Å². The van der Waals surface area contributed by atoms with Crippen molar-refractivity contribution in [2.24, 2.45) is 0 Å². The first-order chi connectivity index (χ1) is 16.0. The first-order valence-corrected chi connectivity index (χ1v) is 13.6. The molecule has 4 heteroatoms. The van der Waals surface area contributed by atoms with E-state index in [0.29, 0.717) is 17.7 Å². The molecule has 33 heavy (non-hydrogen) atoms. The largest absolute Gasteiger partial charge is 0.459 e. The Bertz CT molecular complexity index is 624. The summed E-state index contributed by atoms with van der Waals surface area (Å²) in [7, 11) is 0. The van der Waals surface area contributed by atoms with Crippen LogP contribution in [-0.4, -0.2) is 24.5 Å².